The summed E-state index contributed by atoms with van der Waals surface area (Å²) in [5, 5.41) is 5.53. The molecule has 0 atom stereocenters. The number of thioether (sulfide) groups is 1. The highest BCUT2D eigenvalue weighted by Crippen LogP contribution is 2.20. The van der Waals surface area contributed by atoms with Gasteiger partial charge in [-0.1, -0.05) is 30.0 Å². The van der Waals surface area contributed by atoms with Gasteiger partial charge >= 0.3 is 0 Å². The number of aromatic nitrogens is 1. The number of guanidine groups is 1. The van der Waals surface area contributed by atoms with Crippen molar-refractivity contribution in [1.82, 2.24) is 15.2 Å². The van der Waals surface area contributed by atoms with E-state index in [0.29, 0.717) is 0 Å². The molecular formula is C18H26IN5S2. The molecule has 1 aromatic heterocycles. The number of nitrogens with one attached hydrogen (secondary N) is 1. The van der Waals surface area contributed by atoms with Crippen LogP contribution < -0.4 is 10.2 Å². The van der Waals surface area contributed by atoms with E-state index in [1.807, 2.05) is 30.4 Å². The maximum absolute atomic E-state index is 4.45. The summed E-state index contributed by atoms with van der Waals surface area (Å²) in [6.07, 6.45) is 2.97. The zero-order chi connectivity index (χ0) is 17.3. The summed E-state index contributed by atoms with van der Waals surface area (Å²) in [6.45, 7) is 5.02. The molecule has 0 spiro atoms. The number of rotatable bonds is 6. The molecule has 1 aliphatic rings. The van der Waals surface area contributed by atoms with Gasteiger partial charge in [-0.2, -0.15) is 0 Å². The molecule has 2 aromatic rings. The Kier molecular flexibility index (Phi) is 9.55. The second-order valence-electron chi connectivity index (χ2n) is 5.78. The van der Waals surface area contributed by atoms with Gasteiger partial charge in [-0.05, 0) is 18.6 Å². The summed E-state index contributed by atoms with van der Waals surface area (Å²) >= 11 is 3.53. The van der Waals surface area contributed by atoms with Crippen molar-refractivity contribution in [2.75, 3.05) is 50.4 Å². The fourth-order valence-electron chi connectivity index (χ4n) is 2.86. The highest BCUT2D eigenvalue weighted by Gasteiger charge is 2.19. The van der Waals surface area contributed by atoms with Gasteiger partial charge in [0.2, 0.25) is 0 Å². The molecule has 5 nitrogen and oxygen atoms in total. The highest BCUT2D eigenvalue weighted by molar-refractivity contribution is 14.0. The minimum atomic E-state index is 0. The molecule has 1 saturated heterocycles. The molecule has 0 bridgehead atoms. The lowest BCUT2D eigenvalue weighted by atomic mass is 10.2. The van der Waals surface area contributed by atoms with Crippen molar-refractivity contribution < 1.29 is 0 Å². The van der Waals surface area contributed by atoms with Gasteiger partial charge < -0.3 is 15.1 Å². The monoisotopic (exact) mass is 503 g/mol. The summed E-state index contributed by atoms with van der Waals surface area (Å²) in [5.74, 6) is 2.10. The number of para-hydroxylation sites is 1. The minimum absolute atomic E-state index is 0. The minimum Gasteiger partial charge on any atom is -0.368 e. The first-order valence-corrected chi connectivity index (χ1v) is 10.5. The molecule has 1 N–H and O–H groups in total. The quantitative estimate of drug-likeness (QED) is 0.215. The van der Waals surface area contributed by atoms with Crippen LogP contribution in [0.1, 0.15) is 6.42 Å². The summed E-state index contributed by atoms with van der Waals surface area (Å²) in [5.41, 5.74) is 1.31. The zero-order valence-electron chi connectivity index (χ0n) is 15.0. The molecule has 1 fully saturated rings. The predicted molar refractivity (Wildman–Crippen MR) is 124 cm³/mol. The van der Waals surface area contributed by atoms with Crippen LogP contribution in [0.2, 0.25) is 0 Å². The summed E-state index contributed by atoms with van der Waals surface area (Å²) in [6, 6.07) is 10.6. The first kappa shape index (κ1) is 21.3. The van der Waals surface area contributed by atoms with Gasteiger partial charge in [0.25, 0.3) is 0 Å². The van der Waals surface area contributed by atoms with Gasteiger partial charge in [-0.25, -0.2) is 4.98 Å². The van der Waals surface area contributed by atoms with E-state index in [-0.39, 0.29) is 24.0 Å². The largest absolute Gasteiger partial charge is 0.368 e. The van der Waals surface area contributed by atoms with Crippen molar-refractivity contribution in [1.29, 1.82) is 0 Å². The van der Waals surface area contributed by atoms with Crippen molar-refractivity contribution >= 4 is 58.7 Å². The van der Waals surface area contributed by atoms with Gasteiger partial charge in [0.05, 0.1) is 0 Å². The first-order valence-electron chi connectivity index (χ1n) is 8.64. The molecule has 3 rings (SSSR count). The van der Waals surface area contributed by atoms with Crippen LogP contribution in [0.5, 0.6) is 0 Å². The number of halogens is 1. The number of hydrogen-bond acceptors (Lipinski definition) is 5. The van der Waals surface area contributed by atoms with Crippen molar-refractivity contribution in [3.05, 3.63) is 41.9 Å². The van der Waals surface area contributed by atoms with Gasteiger partial charge in [0, 0.05) is 62.8 Å². The average Bonchev–Trinajstić information content (AvgIpc) is 3.19. The zero-order valence-corrected chi connectivity index (χ0v) is 19.0. The molecule has 0 aliphatic carbocycles. The van der Waals surface area contributed by atoms with E-state index in [4.69, 9.17) is 0 Å². The number of aliphatic imine (C=N–C) groups is 1. The molecular weight excluding hydrogens is 477 g/mol. The lowest BCUT2D eigenvalue weighted by Crippen LogP contribution is -2.52. The smallest absolute Gasteiger partial charge is 0.193 e. The van der Waals surface area contributed by atoms with Gasteiger partial charge in [-0.15, -0.1) is 35.3 Å². The van der Waals surface area contributed by atoms with Crippen LogP contribution in [-0.2, 0) is 0 Å². The maximum atomic E-state index is 4.45. The van der Waals surface area contributed by atoms with Crippen LogP contribution in [0.25, 0.3) is 0 Å². The maximum Gasteiger partial charge on any atom is 0.193 e. The number of benzene rings is 1. The molecule has 142 valence electrons. The standard InChI is InChI=1S/C18H25N5S2.HI/c1-19-17(20-8-5-14-24-18-21-9-15-25-18)23-12-10-22(11-13-23)16-6-3-2-4-7-16;/h2-4,6-7,9,15H,5,8,10-14H2,1H3,(H,19,20);1H. The third-order valence-corrected chi connectivity index (χ3v) is 6.20. The Morgan fingerprint density at radius 2 is 2.00 bits per heavy atom. The van der Waals surface area contributed by atoms with Crippen molar-refractivity contribution in [3.63, 3.8) is 0 Å². The van der Waals surface area contributed by atoms with E-state index in [1.54, 1.807) is 11.3 Å². The van der Waals surface area contributed by atoms with Gasteiger partial charge in [0.15, 0.2) is 5.96 Å². The molecule has 0 amide bonds. The lowest BCUT2D eigenvalue weighted by Gasteiger charge is -2.37. The third-order valence-electron chi connectivity index (χ3n) is 4.15. The Morgan fingerprint density at radius 3 is 2.65 bits per heavy atom. The predicted octanol–water partition coefficient (Wildman–Crippen LogP) is 3.64. The Hall–Kier alpha value is -1.000. The van der Waals surface area contributed by atoms with E-state index >= 15 is 0 Å². The van der Waals surface area contributed by atoms with E-state index in [9.17, 15) is 0 Å². The second kappa shape index (κ2) is 11.7. The number of anilines is 1. The molecule has 0 unspecified atom stereocenters. The lowest BCUT2D eigenvalue weighted by molar-refractivity contribution is 0.373. The third kappa shape index (κ3) is 6.31. The topological polar surface area (TPSA) is 43.8 Å². The van der Waals surface area contributed by atoms with Crippen LogP contribution in [-0.4, -0.2) is 61.4 Å². The molecule has 2 heterocycles. The van der Waals surface area contributed by atoms with E-state index in [2.05, 4.69) is 55.4 Å². The molecule has 26 heavy (non-hydrogen) atoms. The number of thiazole rings is 1. The van der Waals surface area contributed by atoms with Gasteiger partial charge in [0.1, 0.15) is 4.34 Å². The van der Waals surface area contributed by atoms with Crippen molar-refractivity contribution in [2.24, 2.45) is 4.99 Å². The van der Waals surface area contributed by atoms with E-state index < -0.39 is 0 Å². The normalized spacial score (nSPS) is 14.9. The van der Waals surface area contributed by atoms with E-state index in [0.717, 1.165) is 55.2 Å². The van der Waals surface area contributed by atoms with E-state index in [1.165, 1.54) is 5.69 Å². The number of nitrogens with zero attached hydrogens (tertiary/aromatic N) is 4. The molecule has 8 heteroatoms. The Labute approximate surface area is 181 Å². The first-order chi connectivity index (χ1) is 12.4. The fourth-order valence-corrected chi connectivity index (χ4v) is 4.51. The van der Waals surface area contributed by atoms with Crippen molar-refractivity contribution in [3.8, 4) is 0 Å². The van der Waals surface area contributed by atoms with Crippen LogP contribution >= 0.6 is 47.1 Å². The van der Waals surface area contributed by atoms with Crippen LogP contribution in [0.4, 0.5) is 5.69 Å². The molecule has 1 aliphatic heterocycles. The van der Waals surface area contributed by atoms with Crippen LogP contribution in [0, 0.1) is 0 Å². The summed E-state index contributed by atoms with van der Waals surface area (Å²) < 4.78 is 1.15. The summed E-state index contributed by atoms with van der Waals surface area (Å²) in [4.78, 5) is 13.5. The second-order valence-corrected chi connectivity index (χ2v) is 8.02. The Bertz CT molecular complexity index is 643. The Balaban J connectivity index is 0.00000243. The van der Waals surface area contributed by atoms with Gasteiger partial charge in [-0.3, -0.25) is 4.99 Å². The van der Waals surface area contributed by atoms with Crippen LogP contribution in [0.15, 0.2) is 51.2 Å². The SMILES string of the molecule is CN=C(NCCCSc1nccs1)N1CCN(c2ccccc2)CC1.I. The van der Waals surface area contributed by atoms with Crippen LogP contribution in [0.3, 0.4) is 0 Å². The summed E-state index contributed by atoms with van der Waals surface area (Å²) in [7, 11) is 1.87. The Morgan fingerprint density at radius 1 is 1.23 bits per heavy atom. The molecule has 1 aromatic carbocycles. The average molecular weight is 503 g/mol. The fraction of sp³-hybridized carbons (Fsp3) is 0.444. The highest BCUT2D eigenvalue weighted by atomic mass is 127. The number of piperazine rings is 1. The number of hydrogen-bond donors (Lipinski definition) is 1. The molecule has 0 saturated carbocycles. The molecule has 0 radical (unpaired) electrons. The van der Waals surface area contributed by atoms with Crippen molar-refractivity contribution in [2.45, 2.75) is 10.8 Å².